The van der Waals surface area contributed by atoms with Crippen molar-refractivity contribution >= 4 is 28.5 Å². The van der Waals surface area contributed by atoms with Crippen LogP contribution in [-0.4, -0.2) is 41.1 Å². The molecule has 3 aromatic carbocycles. The lowest BCUT2D eigenvalue weighted by atomic mass is 9.88. The van der Waals surface area contributed by atoms with Crippen LogP contribution in [0, 0.1) is 6.92 Å². The maximum atomic E-state index is 13.9. The minimum Gasteiger partial charge on any atom is -0.486 e. The van der Waals surface area contributed by atoms with Gasteiger partial charge in [0, 0.05) is 29.1 Å². The van der Waals surface area contributed by atoms with E-state index in [4.69, 9.17) is 9.47 Å². The Morgan fingerprint density at radius 2 is 1.69 bits per heavy atom. The Labute approximate surface area is 201 Å². The number of rotatable bonds is 2. The van der Waals surface area contributed by atoms with Crippen LogP contribution >= 0.6 is 0 Å². The monoisotopic (exact) mass is 465 g/mol. The Hall–Kier alpha value is -4.26. The van der Waals surface area contributed by atoms with Gasteiger partial charge in [-0.15, -0.1) is 0 Å². The fourth-order valence-corrected chi connectivity index (χ4v) is 5.58. The maximum absolute atomic E-state index is 13.9. The van der Waals surface area contributed by atoms with E-state index < -0.39 is 12.1 Å². The Bertz CT molecular complexity index is 1510. The van der Waals surface area contributed by atoms with E-state index in [0.717, 1.165) is 33.3 Å². The largest absolute Gasteiger partial charge is 0.486 e. The summed E-state index contributed by atoms with van der Waals surface area (Å²) in [6.45, 7) is 2.95. The van der Waals surface area contributed by atoms with Gasteiger partial charge in [0.25, 0.3) is 5.91 Å². The fraction of sp³-hybridized carbons (Fsp3) is 0.214. The summed E-state index contributed by atoms with van der Waals surface area (Å²) in [4.78, 5) is 34.3. The van der Waals surface area contributed by atoms with Gasteiger partial charge in [-0.05, 0) is 36.2 Å². The zero-order chi connectivity index (χ0) is 23.7. The number of aromatic amines is 1. The molecule has 0 saturated carbocycles. The molecule has 0 aliphatic carbocycles. The van der Waals surface area contributed by atoms with Crippen LogP contribution in [0.2, 0.25) is 0 Å². The summed E-state index contributed by atoms with van der Waals surface area (Å²) in [5.41, 5.74) is 5.68. The first-order valence-electron chi connectivity index (χ1n) is 11.8. The fourth-order valence-electron chi connectivity index (χ4n) is 5.58. The third-order valence-electron chi connectivity index (χ3n) is 7.23. The first kappa shape index (κ1) is 20.1. The number of nitrogens with zero attached hydrogens (tertiary/aromatic N) is 2. The summed E-state index contributed by atoms with van der Waals surface area (Å²) in [5, 5.41) is 1.09. The average molecular weight is 466 g/mol. The van der Waals surface area contributed by atoms with Crippen molar-refractivity contribution in [3.8, 4) is 11.5 Å². The van der Waals surface area contributed by atoms with Gasteiger partial charge in [-0.2, -0.15) is 0 Å². The second-order valence-electron chi connectivity index (χ2n) is 9.29. The maximum Gasteiger partial charge on any atom is 0.332 e. The molecule has 1 aromatic heterocycles. The number of aromatic nitrogens is 1. The van der Waals surface area contributed by atoms with Gasteiger partial charge in [-0.3, -0.25) is 9.69 Å². The first-order valence-corrected chi connectivity index (χ1v) is 11.8. The molecule has 7 nitrogen and oxygen atoms in total. The van der Waals surface area contributed by atoms with Gasteiger partial charge in [0.15, 0.2) is 11.5 Å². The molecule has 4 heterocycles. The van der Waals surface area contributed by atoms with Crippen LogP contribution in [0.4, 0.5) is 10.5 Å². The van der Waals surface area contributed by atoms with Crippen molar-refractivity contribution in [2.45, 2.75) is 25.4 Å². The van der Waals surface area contributed by atoms with Crippen molar-refractivity contribution in [3.63, 3.8) is 0 Å². The number of imide groups is 1. The van der Waals surface area contributed by atoms with Crippen molar-refractivity contribution in [2.75, 3.05) is 18.1 Å². The molecule has 3 amide bonds. The molecule has 3 aliphatic heterocycles. The van der Waals surface area contributed by atoms with E-state index in [1.54, 1.807) is 23.1 Å². The highest BCUT2D eigenvalue weighted by Gasteiger charge is 2.53. The number of amides is 3. The molecule has 3 aliphatic rings. The third kappa shape index (κ3) is 2.91. The summed E-state index contributed by atoms with van der Waals surface area (Å²) in [6.07, 6.45) is 0.466. The van der Waals surface area contributed by atoms with Gasteiger partial charge in [-0.25, -0.2) is 9.69 Å². The van der Waals surface area contributed by atoms with Gasteiger partial charge >= 0.3 is 6.03 Å². The summed E-state index contributed by atoms with van der Waals surface area (Å²) in [5.74, 6) is 0.945. The van der Waals surface area contributed by atoms with Crippen LogP contribution < -0.4 is 14.4 Å². The number of benzene rings is 3. The van der Waals surface area contributed by atoms with Crippen molar-refractivity contribution < 1.29 is 19.1 Å². The summed E-state index contributed by atoms with van der Waals surface area (Å²) >= 11 is 0. The minimum atomic E-state index is -0.589. The molecule has 2 atom stereocenters. The molecule has 4 aromatic rings. The summed E-state index contributed by atoms with van der Waals surface area (Å²) < 4.78 is 11.3. The molecule has 1 fully saturated rings. The van der Waals surface area contributed by atoms with Crippen LogP contribution in [0.1, 0.15) is 28.4 Å². The Morgan fingerprint density at radius 3 is 2.51 bits per heavy atom. The van der Waals surface area contributed by atoms with Gasteiger partial charge < -0.3 is 14.5 Å². The van der Waals surface area contributed by atoms with Crippen molar-refractivity contribution in [2.24, 2.45) is 0 Å². The number of nitrogens with one attached hydrogen (secondary N) is 1. The molecule has 174 valence electrons. The lowest BCUT2D eigenvalue weighted by Gasteiger charge is -2.36. The number of fused-ring (bicyclic) bond motifs is 5. The molecule has 35 heavy (non-hydrogen) atoms. The van der Waals surface area contributed by atoms with E-state index in [-0.39, 0.29) is 11.9 Å². The molecular formula is C28H23N3O4. The van der Waals surface area contributed by atoms with Gasteiger partial charge in [0.1, 0.15) is 25.3 Å². The summed E-state index contributed by atoms with van der Waals surface area (Å²) in [6, 6.07) is 20.2. The first-order chi connectivity index (χ1) is 17.1. The molecule has 7 rings (SSSR count). The lowest BCUT2D eigenvalue weighted by Crippen LogP contribution is -2.44. The molecule has 0 bridgehead atoms. The molecule has 2 unspecified atom stereocenters. The molecule has 1 saturated heterocycles. The van der Waals surface area contributed by atoms with Gasteiger partial charge in [0.05, 0.1) is 5.69 Å². The standard InChI is InChI=1S/C28H23N3O4/c1-16-6-8-17(9-7-16)26-25-20(19-4-2-3-5-21(19)29-25)15-22-27(32)30(28(33)31(22)26)18-10-11-23-24(14-18)35-13-12-34-23/h2-11,14,22,26,29H,12-13,15H2,1H3. The third-order valence-corrected chi connectivity index (χ3v) is 7.23. The van der Waals surface area contributed by atoms with E-state index in [1.165, 1.54) is 4.90 Å². The predicted molar refractivity (Wildman–Crippen MR) is 131 cm³/mol. The lowest BCUT2D eigenvalue weighted by molar-refractivity contribution is -0.120. The number of hydrogen-bond donors (Lipinski definition) is 1. The molecule has 0 spiro atoms. The van der Waals surface area contributed by atoms with Crippen molar-refractivity contribution in [3.05, 3.63) is 89.1 Å². The SMILES string of the molecule is Cc1ccc(C2c3[nH]c4ccccc4c3CC3C(=O)N(c4ccc5c(c4)OCCO5)C(=O)N32)cc1. The molecule has 0 radical (unpaired) electrons. The van der Waals surface area contributed by atoms with E-state index in [1.807, 2.05) is 49.4 Å². The second kappa shape index (κ2) is 7.37. The van der Waals surface area contributed by atoms with Crippen molar-refractivity contribution in [1.82, 2.24) is 9.88 Å². The number of aryl methyl sites for hydroxylation is 1. The highest BCUT2D eigenvalue weighted by Crippen LogP contribution is 2.45. The molecular weight excluding hydrogens is 442 g/mol. The molecule has 7 heteroatoms. The number of H-pyrrole nitrogens is 1. The Morgan fingerprint density at radius 1 is 0.914 bits per heavy atom. The normalized spacial score (nSPS) is 20.8. The van der Waals surface area contributed by atoms with Crippen LogP contribution in [0.5, 0.6) is 11.5 Å². The van der Waals surface area contributed by atoms with Crippen LogP contribution in [0.3, 0.4) is 0 Å². The smallest absolute Gasteiger partial charge is 0.332 e. The minimum absolute atomic E-state index is 0.222. The number of para-hydroxylation sites is 1. The number of ether oxygens (including phenoxy) is 2. The van der Waals surface area contributed by atoms with E-state index in [0.29, 0.717) is 36.8 Å². The molecule has 1 N–H and O–H groups in total. The van der Waals surface area contributed by atoms with Gasteiger partial charge in [-0.1, -0.05) is 48.0 Å². The second-order valence-corrected chi connectivity index (χ2v) is 9.29. The average Bonchev–Trinajstić information content (AvgIpc) is 3.38. The highest BCUT2D eigenvalue weighted by molar-refractivity contribution is 6.22. The van der Waals surface area contributed by atoms with Crippen LogP contribution in [-0.2, 0) is 11.2 Å². The topological polar surface area (TPSA) is 74.9 Å². The zero-order valence-corrected chi connectivity index (χ0v) is 19.2. The van der Waals surface area contributed by atoms with Crippen molar-refractivity contribution in [1.29, 1.82) is 0 Å². The van der Waals surface area contributed by atoms with Gasteiger partial charge in [0.2, 0.25) is 0 Å². The number of carbonyl (C=O) groups excluding carboxylic acids is 2. The van der Waals surface area contributed by atoms with E-state index in [9.17, 15) is 9.59 Å². The number of hydrogen-bond acceptors (Lipinski definition) is 4. The van der Waals surface area contributed by atoms with E-state index in [2.05, 4.69) is 11.1 Å². The summed E-state index contributed by atoms with van der Waals surface area (Å²) in [7, 11) is 0. The number of carbonyl (C=O) groups is 2. The van der Waals surface area contributed by atoms with Crippen LogP contribution in [0.15, 0.2) is 66.7 Å². The number of anilines is 1. The van der Waals surface area contributed by atoms with Crippen LogP contribution in [0.25, 0.3) is 10.9 Å². The number of urea groups is 1. The predicted octanol–water partition coefficient (Wildman–Crippen LogP) is 4.73. The quantitative estimate of drug-likeness (QED) is 0.435. The Balaban J connectivity index is 1.37. The Kier molecular flexibility index (Phi) is 4.24. The van der Waals surface area contributed by atoms with E-state index >= 15 is 0 Å². The zero-order valence-electron chi connectivity index (χ0n) is 19.2. The highest BCUT2D eigenvalue weighted by atomic mass is 16.6.